The monoisotopic (exact) mass is 398 g/mol. The predicted molar refractivity (Wildman–Crippen MR) is 115 cm³/mol. The average Bonchev–Trinajstić information content (AvgIpc) is 3.13. The Morgan fingerprint density at radius 1 is 1.18 bits per heavy atom. The van der Waals surface area contributed by atoms with Crippen LogP contribution in [0, 0.1) is 0 Å². The highest BCUT2D eigenvalue weighted by atomic mass is 32.2. The van der Waals surface area contributed by atoms with Gasteiger partial charge in [-0.15, -0.1) is 0 Å². The SMILES string of the molecule is CCCOc1cccc(CC)c1SNC(=O)c1cc2ccc(N(C)C)cc2o1. The summed E-state index contributed by atoms with van der Waals surface area (Å²) in [5.74, 6) is 0.829. The molecule has 1 amide bonds. The summed E-state index contributed by atoms with van der Waals surface area (Å²) in [6.45, 7) is 4.81. The van der Waals surface area contributed by atoms with Crippen LogP contribution >= 0.6 is 11.9 Å². The van der Waals surface area contributed by atoms with Crippen LogP contribution in [0.2, 0.25) is 0 Å². The van der Waals surface area contributed by atoms with Gasteiger partial charge in [0.05, 0.1) is 11.5 Å². The minimum Gasteiger partial charge on any atom is -0.492 e. The van der Waals surface area contributed by atoms with Gasteiger partial charge in [-0.25, -0.2) is 0 Å². The van der Waals surface area contributed by atoms with Crippen LogP contribution in [0.1, 0.15) is 36.4 Å². The summed E-state index contributed by atoms with van der Waals surface area (Å²) < 4.78 is 14.5. The van der Waals surface area contributed by atoms with Crippen molar-refractivity contribution in [3.63, 3.8) is 0 Å². The zero-order valence-corrected chi connectivity index (χ0v) is 17.6. The molecule has 148 valence electrons. The fourth-order valence-corrected chi connectivity index (χ4v) is 3.71. The molecule has 0 aliphatic carbocycles. The third kappa shape index (κ3) is 4.44. The van der Waals surface area contributed by atoms with Crippen LogP contribution < -0.4 is 14.4 Å². The Balaban J connectivity index is 1.78. The van der Waals surface area contributed by atoms with Gasteiger partial charge in [0.2, 0.25) is 0 Å². The van der Waals surface area contributed by atoms with Crippen molar-refractivity contribution in [2.24, 2.45) is 0 Å². The number of fused-ring (bicyclic) bond motifs is 1. The lowest BCUT2D eigenvalue weighted by molar-refractivity contribution is 0.0959. The number of hydrogen-bond acceptors (Lipinski definition) is 5. The topological polar surface area (TPSA) is 54.7 Å². The van der Waals surface area contributed by atoms with Crippen LogP contribution in [0.5, 0.6) is 5.75 Å². The van der Waals surface area contributed by atoms with Crippen LogP contribution in [-0.4, -0.2) is 26.6 Å². The van der Waals surface area contributed by atoms with E-state index < -0.39 is 0 Å². The number of aryl methyl sites for hydroxylation is 1. The summed E-state index contributed by atoms with van der Waals surface area (Å²) in [6, 6.07) is 13.6. The van der Waals surface area contributed by atoms with Gasteiger partial charge in [-0.3, -0.25) is 9.52 Å². The number of ether oxygens (including phenoxy) is 1. The third-order valence-corrected chi connectivity index (χ3v) is 5.35. The number of anilines is 1. The first-order valence-corrected chi connectivity index (χ1v) is 10.3. The van der Waals surface area contributed by atoms with E-state index in [0.717, 1.165) is 40.1 Å². The Hall–Kier alpha value is -2.60. The molecule has 0 unspecified atom stereocenters. The van der Waals surface area contributed by atoms with E-state index in [2.05, 4.69) is 24.6 Å². The maximum Gasteiger partial charge on any atom is 0.297 e. The van der Waals surface area contributed by atoms with Crippen molar-refractivity contribution in [2.75, 3.05) is 25.6 Å². The van der Waals surface area contributed by atoms with E-state index in [1.165, 1.54) is 11.9 Å². The molecule has 0 aliphatic rings. The van der Waals surface area contributed by atoms with Crippen molar-refractivity contribution >= 4 is 34.5 Å². The Morgan fingerprint density at radius 3 is 2.71 bits per heavy atom. The van der Waals surface area contributed by atoms with Crippen molar-refractivity contribution in [1.29, 1.82) is 0 Å². The van der Waals surface area contributed by atoms with Crippen molar-refractivity contribution < 1.29 is 13.9 Å². The van der Waals surface area contributed by atoms with Gasteiger partial charge in [0.15, 0.2) is 5.76 Å². The summed E-state index contributed by atoms with van der Waals surface area (Å²) in [5, 5.41) is 0.904. The predicted octanol–water partition coefficient (Wildman–Crippen LogP) is 5.29. The molecule has 0 spiro atoms. The molecule has 0 aliphatic heterocycles. The fraction of sp³-hybridized carbons (Fsp3) is 0.318. The molecule has 1 aromatic heterocycles. The number of benzene rings is 2. The molecule has 5 nitrogen and oxygen atoms in total. The zero-order valence-electron chi connectivity index (χ0n) is 16.7. The van der Waals surface area contributed by atoms with E-state index in [1.54, 1.807) is 6.07 Å². The first kappa shape index (κ1) is 20.1. The molecular weight excluding hydrogens is 372 g/mol. The molecule has 0 saturated heterocycles. The molecule has 28 heavy (non-hydrogen) atoms. The second-order valence-corrected chi connectivity index (χ2v) is 7.52. The van der Waals surface area contributed by atoms with E-state index in [-0.39, 0.29) is 5.91 Å². The van der Waals surface area contributed by atoms with Gasteiger partial charge in [0.1, 0.15) is 11.3 Å². The van der Waals surface area contributed by atoms with Crippen LogP contribution in [0.25, 0.3) is 11.0 Å². The van der Waals surface area contributed by atoms with Gasteiger partial charge >= 0.3 is 0 Å². The molecule has 3 aromatic rings. The average molecular weight is 399 g/mol. The third-order valence-electron chi connectivity index (χ3n) is 4.39. The highest BCUT2D eigenvalue weighted by Crippen LogP contribution is 2.32. The maximum absolute atomic E-state index is 12.7. The summed E-state index contributed by atoms with van der Waals surface area (Å²) >= 11 is 1.28. The smallest absolute Gasteiger partial charge is 0.297 e. The molecular formula is C22H26N2O3S. The van der Waals surface area contributed by atoms with E-state index in [1.807, 2.05) is 49.3 Å². The van der Waals surface area contributed by atoms with Crippen LogP contribution in [0.15, 0.2) is 51.8 Å². The normalized spacial score (nSPS) is 10.9. The molecule has 6 heteroatoms. The van der Waals surface area contributed by atoms with Gasteiger partial charge in [0.25, 0.3) is 5.91 Å². The lowest BCUT2D eigenvalue weighted by Crippen LogP contribution is -2.15. The Bertz CT molecular complexity index is 966. The lowest BCUT2D eigenvalue weighted by Gasteiger charge is -2.14. The van der Waals surface area contributed by atoms with Crippen LogP contribution in [0.4, 0.5) is 5.69 Å². The van der Waals surface area contributed by atoms with Gasteiger partial charge in [-0.1, -0.05) is 26.0 Å². The molecule has 1 heterocycles. The molecule has 0 saturated carbocycles. The number of rotatable bonds is 8. The lowest BCUT2D eigenvalue weighted by atomic mass is 10.1. The second kappa shape index (κ2) is 9.06. The van der Waals surface area contributed by atoms with Crippen molar-refractivity contribution in [3.8, 4) is 5.75 Å². The molecule has 0 bridgehead atoms. The molecule has 0 atom stereocenters. The minimum atomic E-state index is -0.264. The van der Waals surface area contributed by atoms with E-state index >= 15 is 0 Å². The van der Waals surface area contributed by atoms with Gasteiger partial charge in [-0.05, 0) is 54.6 Å². The Labute approximate surface area is 170 Å². The minimum absolute atomic E-state index is 0.264. The number of furan rings is 1. The largest absolute Gasteiger partial charge is 0.492 e. The number of carbonyl (C=O) groups is 1. The molecule has 0 radical (unpaired) electrons. The van der Waals surface area contributed by atoms with E-state index in [4.69, 9.17) is 9.15 Å². The van der Waals surface area contributed by atoms with Crippen molar-refractivity contribution in [2.45, 2.75) is 31.6 Å². The Kier molecular flexibility index (Phi) is 6.52. The number of nitrogens with zero attached hydrogens (tertiary/aromatic N) is 1. The summed E-state index contributed by atoms with van der Waals surface area (Å²) in [5.41, 5.74) is 2.86. The summed E-state index contributed by atoms with van der Waals surface area (Å²) in [4.78, 5) is 15.6. The molecule has 3 rings (SSSR count). The maximum atomic E-state index is 12.7. The zero-order chi connectivity index (χ0) is 20.1. The van der Waals surface area contributed by atoms with Crippen LogP contribution in [-0.2, 0) is 6.42 Å². The number of hydrogen-bond donors (Lipinski definition) is 1. The highest BCUT2D eigenvalue weighted by Gasteiger charge is 2.16. The quantitative estimate of drug-likeness (QED) is 0.523. The summed E-state index contributed by atoms with van der Waals surface area (Å²) in [6.07, 6.45) is 1.79. The number of amides is 1. The number of carbonyl (C=O) groups excluding carboxylic acids is 1. The molecule has 1 N–H and O–H groups in total. The van der Waals surface area contributed by atoms with Crippen LogP contribution in [0.3, 0.4) is 0 Å². The van der Waals surface area contributed by atoms with E-state index in [9.17, 15) is 4.79 Å². The Morgan fingerprint density at radius 2 is 2.00 bits per heavy atom. The van der Waals surface area contributed by atoms with Gasteiger partial charge < -0.3 is 14.1 Å². The summed E-state index contributed by atoms with van der Waals surface area (Å²) in [7, 11) is 3.94. The van der Waals surface area contributed by atoms with Gasteiger partial charge in [0, 0.05) is 31.2 Å². The standard InChI is InChI=1S/C22H26N2O3S/c1-5-12-26-18-9-7-8-15(6-2)21(18)28-23-22(25)20-13-16-10-11-17(24(3)4)14-19(16)27-20/h7-11,13-14H,5-6,12H2,1-4H3,(H,23,25). The van der Waals surface area contributed by atoms with E-state index in [0.29, 0.717) is 18.0 Å². The molecule has 0 fully saturated rings. The first-order chi connectivity index (χ1) is 13.5. The molecule has 2 aromatic carbocycles. The number of nitrogens with one attached hydrogen (secondary N) is 1. The fourth-order valence-electron chi connectivity index (χ4n) is 2.84. The van der Waals surface area contributed by atoms with Gasteiger partial charge in [-0.2, -0.15) is 0 Å². The second-order valence-electron chi connectivity index (χ2n) is 6.71. The van der Waals surface area contributed by atoms with Crippen molar-refractivity contribution in [1.82, 2.24) is 4.72 Å². The van der Waals surface area contributed by atoms with Crippen molar-refractivity contribution in [3.05, 3.63) is 53.8 Å². The highest BCUT2D eigenvalue weighted by molar-refractivity contribution is 7.98. The first-order valence-electron chi connectivity index (χ1n) is 9.46.